The Hall–Kier alpha value is -2.92. The topological polar surface area (TPSA) is 85.7 Å². The van der Waals surface area contributed by atoms with E-state index in [1.54, 1.807) is 13.2 Å². The molecule has 36 heavy (non-hydrogen) atoms. The first kappa shape index (κ1) is 26.2. The molecule has 0 atom stereocenters. The van der Waals surface area contributed by atoms with Crippen LogP contribution in [0.15, 0.2) is 80.6 Å². The van der Waals surface area contributed by atoms with Crippen LogP contribution in [-0.4, -0.2) is 35.2 Å². The molecular weight excluding hydrogens is 584 g/mol. The number of methoxy groups -OCH3 is 1. The molecule has 11 heteroatoms. The summed E-state index contributed by atoms with van der Waals surface area (Å²) < 4.78 is 12.8. The van der Waals surface area contributed by atoms with Crippen LogP contribution in [0.5, 0.6) is 11.5 Å². The molecular formula is C25H20BrClN4O3S2. The average molecular weight is 604 g/mol. The number of carbonyl (C=O) groups excluding carboxylic acids is 1. The Morgan fingerprint density at radius 1 is 1.17 bits per heavy atom. The van der Waals surface area contributed by atoms with Crippen LogP contribution < -0.4 is 14.9 Å². The molecule has 4 aromatic rings. The third-order valence-corrected chi connectivity index (χ3v) is 7.65. The smallest absolute Gasteiger partial charge is 0.250 e. The van der Waals surface area contributed by atoms with E-state index in [1.165, 1.54) is 29.3 Å². The zero-order valence-electron chi connectivity index (χ0n) is 19.0. The van der Waals surface area contributed by atoms with Gasteiger partial charge >= 0.3 is 0 Å². The van der Waals surface area contributed by atoms with Crippen molar-refractivity contribution in [3.63, 3.8) is 0 Å². The second kappa shape index (κ2) is 12.9. The van der Waals surface area contributed by atoms with E-state index >= 15 is 0 Å². The number of nitrogens with one attached hydrogen (secondary N) is 1. The molecule has 184 valence electrons. The zero-order valence-corrected chi connectivity index (χ0v) is 23.0. The first-order valence-corrected chi connectivity index (χ1v) is 13.6. The van der Waals surface area contributed by atoms with Gasteiger partial charge in [0, 0.05) is 10.6 Å². The van der Waals surface area contributed by atoms with E-state index in [9.17, 15) is 4.79 Å². The molecule has 1 amide bonds. The minimum absolute atomic E-state index is 0.172. The van der Waals surface area contributed by atoms with Gasteiger partial charge in [0.25, 0.3) is 5.91 Å². The second-order valence-electron chi connectivity index (χ2n) is 7.27. The summed E-state index contributed by atoms with van der Waals surface area (Å²) in [4.78, 5) is 12.2. The molecule has 0 fully saturated rings. The molecule has 1 N–H and O–H groups in total. The van der Waals surface area contributed by atoms with Crippen molar-refractivity contribution in [1.82, 2.24) is 15.6 Å². The van der Waals surface area contributed by atoms with Gasteiger partial charge < -0.3 is 9.47 Å². The normalized spacial score (nSPS) is 11.0. The highest BCUT2D eigenvalue weighted by Crippen LogP contribution is 2.37. The SMILES string of the molecule is COc1cc(C=NNC(=O)CSc2nnc(-c3ccccc3)s2)cc(Br)c1OCc1ccc(Cl)cc1. The summed E-state index contributed by atoms with van der Waals surface area (Å²) in [5.74, 6) is 1.02. The van der Waals surface area contributed by atoms with Crippen LogP contribution in [0.3, 0.4) is 0 Å². The van der Waals surface area contributed by atoms with E-state index in [4.69, 9.17) is 21.1 Å². The molecule has 0 bridgehead atoms. The Kier molecular flexibility index (Phi) is 9.35. The van der Waals surface area contributed by atoms with E-state index in [2.05, 4.69) is 36.7 Å². The predicted octanol–water partition coefficient (Wildman–Crippen LogP) is 6.45. The number of carbonyl (C=O) groups is 1. The van der Waals surface area contributed by atoms with Gasteiger partial charge in [-0.2, -0.15) is 5.10 Å². The lowest BCUT2D eigenvalue weighted by atomic mass is 10.2. The van der Waals surface area contributed by atoms with Crippen molar-refractivity contribution in [1.29, 1.82) is 0 Å². The standard InChI is InChI=1S/C25H20BrClN4O3S2/c1-33-21-12-17(11-20(26)23(21)34-14-16-7-9-19(27)10-8-16)13-28-29-22(32)15-35-25-31-30-24(36-25)18-5-3-2-4-6-18/h2-13H,14-15H2,1H3,(H,29,32). The molecule has 1 aromatic heterocycles. The van der Waals surface area contributed by atoms with E-state index in [0.717, 1.165) is 26.0 Å². The van der Waals surface area contributed by atoms with Crippen LogP contribution in [0.2, 0.25) is 5.02 Å². The third kappa shape index (κ3) is 7.30. The zero-order chi connectivity index (χ0) is 25.3. The van der Waals surface area contributed by atoms with Crippen LogP contribution in [0.1, 0.15) is 11.1 Å². The lowest BCUT2D eigenvalue weighted by Gasteiger charge is -2.13. The number of hydrazone groups is 1. The van der Waals surface area contributed by atoms with Gasteiger partial charge in [0.05, 0.1) is 23.5 Å². The van der Waals surface area contributed by atoms with Crippen molar-refractivity contribution < 1.29 is 14.3 Å². The summed E-state index contributed by atoms with van der Waals surface area (Å²) in [6, 6.07) is 20.8. The minimum atomic E-state index is -0.248. The number of aromatic nitrogens is 2. The fourth-order valence-electron chi connectivity index (χ4n) is 2.99. The lowest BCUT2D eigenvalue weighted by Crippen LogP contribution is -2.19. The number of benzene rings is 3. The number of thioether (sulfide) groups is 1. The summed E-state index contributed by atoms with van der Waals surface area (Å²) in [6.45, 7) is 0.356. The summed E-state index contributed by atoms with van der Waals surface area (Å²) in [5, 5.41) is 13.9. The Labute approximate surface area is 230 Å². The highest BCUT2D eigenvalue weighted by atomic mass is 79.9. The Morgan fingerprint density at radius 3 is 2.69 bits per heavy atom. The molecule has 0 aliphatic carbocycles. The fraction of sp³-hybridized carbons (Fsp3) is 0.120. The van der Waals surface area contributed by atoms with Crippen LogP contribution in [0, 0.1) is 0 Å². The summed E-state index contributed by atoms with van der Waals surface area (Å²) in [5.41, 5.74) is 5.23. The molecule has 3 aromatic carbocycles. The highest BCUT2D eigenvalue weighted by molar-refractivity contribution is 9.10. The molecule has 0 spiro atoms. The molecule has 7 nitrogen and oxygen atoms in total. The van der Waals surface area contributed by atoms with Gasteiger partial charge in [0.2, 0.25) is 0 Å². The molecule has 0 aliphatic rings. The minimum Gasteiger partial charge on any atom is -0.493 e. The number of hydrogen-bond donors (Lipinski definition) is 1. The monoisotopic (exact) mass is 602 g/mol. The van der Waals surface area contributed by atoms with Crippen molar-refractivity contribution >= 4 is 62.8 Å². The Morgan fingerprint density at radius 2 is 1.94 bits per heavy atom. The number of amides is 1. The Balaban J connectivity index is 1.30. The predicted molar refractivity (Wildman–Crippen MR) is 148 cm³/mol. The summed E-state index contributed by atoms with van der Waals surface area (Å²) in [7, 11) is 1.56. The van der Waals surface area contributed by atoms with Crippen molar-refractivity contribution in [2.75, 3.05) is 12.9 Å². The molecule has 4 rings (SSSR count). The van der Waals surface area contributed by atoms with Gasteiger partial charge in [-0.15, -0.1) is 10.2 Å². The Bertz CT molecular complexity index is 1350. The van der Waals surface area contributed by atoms with Crippen molar-refractivity contribution in [3.05, 3.63) is 87.4 Å². The van der Waals surface area contributed by atoms with E-state index in [0.29, 0.717) is 27.6 Å². The van der Waals surface area contributed by atoms with E-state index < -0.39 is 0 Å². The second-order valence-corrected chi connectivity index (χ2v) is 10.8. The molecule has 0 saturated carbocycles. The first-order valence-electron chi connectivity index (χ1n) is 10.6. The van der Waals surface area contributed by atoms with E-state index in [-0.39, 0.29) is 11.7 Å². The number of rotatable bonds is 10. The van der Waals surface area contributed by atoms with Gasteiger partial charge in [0.15, 0.2) is 15.8 Å². The number of ether oxygens (including phenoxy) is 2. The first-order chi connectivity index (χ1) is 17.5. The van der Waals surface area contributed by atoms with Crippen LogP contribution in [0.25, 0.3) is 10.6 Å². The summed E-state index contributed by atoms with van der Waals surface area (Å²) >= 11 is 12.2. The highest BCUT2D eigenvalue weighted by Gasteiger charge is 2.12. The molecule has 0 unspecified atom stereocenters. The molecule has 0 saturated heterocycles. The quantitative estimate of drug-likeness (QED) is 0.127. The van der Waals surface area contributed by atoms with Crippen molar-refractivity contribution in [3.8, 4) is 22.1 Å². The third-order valence-electron chi connectivity index (χ3n) is 4.71. The maximum absolute atomic E-state index is 12.2. The molecule has 1 heterocycles. The van der Waals surface area contributed by atoms with Crippen LogP contribution in [-0.2, 0) is 11.4 Å². The summed E-state index contributed by atoms with van der Waals surface area (Å²) in [6.07, 6.45) is 1.54. The van der Waals surface area contributed by atoms with Crippen LogP contribution >= 0.6 is 50.6 Å². The average Bonchev–Trinajstić information content (AvgIpc) is 3.37. The van der Waals surface area contributed by atoms with Gasteiger partial charge in [-0.1, -0.05) is 77.2 Å². The fourth-order valence-corrected chi connectivity index (χ4v) is 5.34. The largest absolute Gasteiger partial charge is 0.493 e. The van der Waals surface area contributed by atoms with Gasteiger partial charge in [-0.3, -0.25) is 4.79 Å². The number of hydrogen-bond acceptors (Lipinski definition) is 8. The van der Waals surface area contributed by atoms with Gasteiger partial charge in [0.1, 0.15) is 11.6 Å². The van der Waals surface area contributed by atoms with Gasteiger partial charge in [-0.05, 0) is 51.3 Å². The molecule has 0 radical (unpaired) electrons. The van der Waals surface area contributed by atoms with Crippen molar-refractivity contribution in [2.24, 2.45) is 5.10 Å². The maximum Gasteiger partial charge on any atom is 0.250 e. The lowest BCUT2D eigenvalue weighted by molar-refractivity contribution is -0.118. The number of nitrogens with zero attached hydrogens (tertiary/aromatic N) is 3. The van der Waals surface area contributed by atoms with Gasteiger partial charge in [-0.25, -0.2) is 5.43 Å². The molecule has 0 aliphatic heterocycles. The van der Waals surface area contributed by atoms with E-state index in [1.807, 2.05) is 60.7 Å². The van der Waals surface area contributed by atoms with Crippen molar-refractivity contribution in [2.45, 2.75) is 10.9 Å². The maximum atomic E-state index is 12.2. The number of halogens is 2. The van der Waals surface area contributed by atoms with Crippen LogP contribution in [0.4, 0.5) is 0 Å².